The van der Waals surface area contributed by atoms with E-state index in [-0.39, 0.29) is 30.0 Å². The topological polar surface area (TPSA) is 81.2 Å². The number of nitrogens with zero attached hydrogens (tertiary/aromatic N) is 1. The number of amides is 1. The van der Waals surface area contributed by atoms with Crippen LogP contribution >= 0.6 is 12.4 Å². The van der Waals surface area contributed by atoms with Crippen molar-refractivity contribution in [3.63, 3.8) is 0 Å². The lowest BCUT2D eigenvalue weighted by Crippen LogP contribution is -2.45. The van der Waals surface area contributed by atoms with E-state index in [1.165, 1.54) is 12.1 Å². The summed E-state index contributed by atoms with van der Waals surface area (Å²) < 4.78 is 18.3. The van der Waals surface area contributed by atoms with Crippen LogP contribution in [0.15, 0.2) is 34.9 Å². The first-order valence-electron chi connectivity index (χ1n) is 7.75. The normalized spacial score (nSPS) is 13.0. The molecule has 0 spiro atoms. The van der Waals surface area contributed by atoms with Crippen molar-refractivity contribution in [2.24, 2.45) is 11.7 Å². The van der Waals surface area contributed by atoms with Gasteiger partial charge in [-0.15, -0.1) is 12.4 Å². The van der Waals surface area contributed by atoms with Crippen molar-refractivity contribution in [2.75, 3.05) is 6.54 Å². The second kappa shape index (κ2) is 9.39. The second-order valence-corrected chi connectivity index (χ2v) is 5.60. The number of aromatic nitrogens is 1. The Morgan fingerprint density at radius 1 is 1.38 bits per heavy atom. The van der Waals surface area contributed by atoms with Gasteiger partial charge in [0.05, 0.1) is 11.7 Å². The Kier molecular flexibility index (Phi) is 7.88. The van der Waals surface area contributed by atoms with Crippen molar-refractivity contribution in [1.82, 2.24) is 10.3 Å². The highest BCUT2D eigenvalue weighted by molar-refractivity contribution is 5.85. The minimum atomic E-state index is -0.493. The number of nitrogens with two attached hydrogens (primary N) is 1. The summed E-state index contributed by atoms with van der Waals surface area (Å²) in [7, 11) is 0. The third kappa shape index (κ3) is 5.32. The van der Waals surface area contributed by atoms with Crippen LogP contribution in [0, 0.1) is 11.7 Å². The van der Waals surface area contributed by atoms with E-state index >= 15 is 0 Å². The molecule has 1 amide bonds. The van der Waals surface area contributed by atoms with Crippen LogP contribution in [-0.4, -0.2) is 23.5 Å². The Labute approximate surface area is 147 Å². The third-order valence-electron chi connectivity index (χ3n) is 3.88. The molecule has 2 aromatic rings. The maximum Gasteiger partial charge on any atom is 0.237 e. The lowest BCUT2D eigenvalue weighted by Gasteiger charge is -2.17. The Morgan fingerprint density at radius 2 is 2.04 bits per heavy atom. The van der Waals surface area contributed by atoms with Gasteiger partial charge in [0.25, 0.3) is 0 Å². The van der Waals surface area contributed by atoms with E-state index in [1.807, 2.05) is 13.8 Å². The highest BCUT2D eigenvalue weighted by Gasteiger charge is 2.18. The predicted molar refractivity (Wildman–Crippen MR) is 93.3 cm³/mol. The molecule has 2 unspecified atom stereocenters. The molecule has 132 valence electrons. The largest absolute Gasteiger partial charge is 0.444 e. The molecule has 1 heterocycles. The van der Waals surface area contributed by atoms with E-state index in [0.29, 0.717) is 24.4 Å². The van der Waals surface area contributed by atoms with E-state index in [9.17, 15) is 9.18 Å². The molecule has 3 N–H and O–H groups in total. The SMILES string of the molecule is CCC(C)C(N)C(=O)NCCc1coc(-c2ccc(F)cc2)n1.Cl. The summed E-state index contributed by atoms with van der Waals surface area (Å²) in [6, 6.07) is 5.44. The van der Waals surface area contributed by atoms with Gasteiger partial charge >= 0.3 is 0 Å². The quantitative estimate of drug-likeness (QED) is 0.800. The highest BCUT2D eigenvalue weighted by Crippen LogP contribution is 2.19. The summed E-state index contributed by atoms with van der Waals surface area (Å²) in [5, 5.41) is 2.81. The van der Waals surface area contributed by atoms with Crippen LogP contribution in [0.5, 0.6) is 0 Å². The van der Waals surface area contributed by atoms with Crippen molar-refractivity contribution in [1.29, 1.82) is 0 Å². The number of hydrogen-bond donors (Lipinski definition) is 2. The van der Waals surface area contributed by atoms with Gasteiger partial charge in [-0.25, -0.2) is 9.37 Å². The zero-order valence-electron chi connectivity index (χ0n) is 13.8. The molecular weight excluding hydrogens is 333 g/mol. The molecule has 0 aliphatic carbocycles. The van der Waals surface area contributed by atoms with Crippen molar-refractivity contribution >= 4 is 18.3 Å². The van der Waals surface area contributed by atoms with E-state index in [2.05, 4.69) is 10.3 Å². The molecule has 2 atom stereocenters. The Bertz CT molecular complexity index is 646. The van der Waals surface area contributed by atoms with Crippen molar-refractivity contribution in [2.45, 2.75) is 32.7 Å². The van der Waals surface area contributed by atoms with Crippen molar-refractivity contribution in [3.8, 4) is 11.5 Å². The molecule has 1 aromatic heterocycles. The van der Waals surface area contributed by atoms with E-state index in [4.69, 9.17) is 10.2 Å². The van der Waals surface area contributed by atoms with Crippen LogP contribution in [0.2, 0.25) is 0 Å². The monoisotopic (exact) mass is 355 g/mol. The summed E-state index contributed by atoms with van der Waals surface area (Å²) >= 11 is 0. The zero-order chi connectivity index (χ0) is 16.8. The van der Waals surface area contributed by atoms with Gasteiger partial charge in [-0.1, -0.05) is 20.3 Å². The standard InChI is InChI=1S/C17H22FN3O2.ClH/c1-3-11(2)15(19)16(22)20-9-8-14-10-23-17(21-14)12-4-6-13(18)7-5-12;/h4-7,10-11,15H,3,8-9,19H2,1-2H3,(H,20,22);1H. The summed E-state index contributed by atoms with van der Waals surface area (Å²) in [6.07, 6.45) is 2.95. The molecule has 0 aliphatic rings. The molecule has 0 fully saturated rings. The van der Waals surface area contributed by atoms with E-state index in [1.54, 1.807) is 18.4 Å². The summed E-state index contributed by atoms with van der Waals surface area (Å²) in [4.78, 5) is 16.2. The van der Waals surface area contributed by atoms with Crippen LogP contribution in [-0.2, 0) is 11.2 Å². The number of oxazole rings is 1. The molecule has 0 aliphatic heterocycles. The molecule has 0 saturated carbocycles. The van der Waals surface area contributed by atoms with Gasteiger partial charge in [-0.2, -0.15) is 0 Å². The number of nitrogens with one attached hydrogen (secondary N) is 1. The number of rotatable bonds is 7. The number of carbonyl (C=O) groups is 1. The van der Waals surface area contributed by atoms with Gasteiger partial charge < -0.3 is 15.5 Å². The molecule has 7 heteroatoms. The minimum absolute atomic E-state index is 0. The van der Waals surface area contributed by atoms with E-state index < -0.39 is 6.04 Å². The van der Waals surface area contributed by atoms with Gasteiger partial charge in [0.15, 0.2) is 0 Å². The van der Waals surface area contributed by atoms with Crippen LogP contribution in [0.25, 0.3) is 11.5 Å². The van der Waals surface area contributed by atoms with Crippen LogP contribution in [0.1, 0.15) is 26.0 Å². The summed E-state index contributed by atoms with van der Waals surface area (Å²) in [5.74, 6) is 0.122. The Hall–Kier alpha value is -1.92. The first-order chi connectivity index (χ1) is 11.0. The average Bonchev–Trinajstić information content (AvgIpc) is 3.02. The van der Waals surface area contributed by atoms with Gasteiger partial charge in [0.1, 0.15) is 12.1 Å². The highest BCUT2D eigenvalue weighted by atomic mass is 35.5. The predicted octanol–water partition coefficient (Wildman–Crippen LogP) is 2.93. The Morgan fingerprint density at radius 3 is 2.67 bits per heavy atom. The fourth-order valence-corrected chi connectivity index (χ4v) is 2.09. The molecule has 5 nitrogen and oxygen atoms in total. The molecule has 0 radical (unpaired) electrons. The van der Waals surface area contributed by atoms with Crippen LogP contribution in [0.4, 0.5) is 4.39 Å². The zero-order valence-corrected chi connectivity index (χ0v) is 14.6. The average molecular weight is 356 g/mol. The number of hydrogen-bond acceptors (Lipinski definition) is 4. The fourth-order valence-electron chi connectivity index (χ4n) is 2.09. The fraction of sp³-hybridized carbons (Fsp3) is 0.412. The van der Waals surface area contributed by atoms with Crippen molar-refractivity contribution < 1.29 is 13.6 Å². The van der Waals surface area contributed by atoms with Crippen molar-refractivity contribution in [3.05, 3.63) is 42.0 Å². The number of benzene rings is 1. The molecule has 2 rings (SSSR count). The molecule has 1 aromatic carbocycles. The number of halogens is 2. The Balaban J connectivity index is 0.00000288. The molecule has 24 heavy (non-hydrogen) atoms. The maximum atomic E-state index is 12.9. The molecule has 0 bridgehead atoms. The third-order valence-corrected chi connectivity index (χ3v) is 3.88. The van der Waals surface area contributed by atoms with E-state index in [0.717, 1.165) is 12.1 Å². The second-order valence-electron chi connectivity index (χ2n) is 5.60. The lowest BCUT2D eigenvalue weighted by molar-refractivity contribution is -0.123. The smallest absolute Gasteiger partial charge is 0.237 e. The number of carbonyl (C=O) groups excluding carboxylic acids is 1. The summed E-state index contributed by atoms with van der Waals surface area (Å²) in [6.45, 7) is 4.40. The van der Waals surface area contributed by atoms with Crippen LogP contribution in [0.3, 0.4) is 0 Å². The molecule has 0 saturated heterocycles. The van der Waals surface area contributed by atoms with Gasteiger partial charge in [-0.3, -0.25) is 4.79 Å². The van der Waals surface area contributed by atoms with Gasteiger partial charge in [0, 0.05) is 18.5 Å². The van der Waals surface area contributed by atoms with Gasteiger partial charge in [0.2, 0.25) is 11.8 Å². The lowest BCUT2D eigenvalue weighted by atomic mass is 9.99. The molecular formula is C17H23ClFN3O2. The van der Waals surface area contributed by atoms with Crippen LogP contribution < -0.4 is 11.1 Å². The first-order valence-corrected chi connectivity index (χ1v) is 7.75. The summed E-state index contributed by atoms with van der Waals surface area (Å²) in [5.41, 5.74) is 7.30. The van der Waals surface area contributed by atoms with Gasteiger partial charge in [-0.05, 0) is 30.2 Å². The first kappa shape index (κ1) is 20.1. The maximum absolute atomic E-state index is 12.9. The minimum Gasteiger partial charge on any atom is -0.444 e.